The predicted molar refractivity (Wildman–Crippen MR) is 124 cm³/mol. The van der Waals surface area contributed by atoms with Crippen molar-refractivity contribution in [3.05, 3.63) is 0 Å². The molecule has 0 aromatic carbocycles. The van der Waals surface area contributed by atoms with Gasteiger partial charge in [-0.05, 0) is 6.42 Å². The fourth-order valence-electron chi connectivity index (χ4n) is 4.23. The summed E-state index contributed by atoms with van der Waals surface area (Å²) in [6.07, 6.45) is 16.4. The molecule has 31 heavy (non-hydrogen) atoms. The van der Waals surface area contributed by atoms with Crippen molar-refractivity contribution >= 4 is 0 Å². The van der Waals surface area contributed by atoms with Gasteiger partial charge in [0.2, 0.25) is 0 Å². The maximum atomic E-state index is 9.92. The summed E-state index contributed by atoms with van der Waals surface area (Å²) in [6, 6.07) is 0. The van der Waals surface area contributed by atoms with Gasteiger partial charge in [0.1, 0.15) is 24.4 Å². The lowest BCUT2D eigenvalue weighted by Gasteiger charge is -2.39. The van der Waals surface area contributed by atoms with Crippen molar-refractivity contribution < 1.29 is 29.9 Å². The number of hydrogen-bond donors (Lipinski definition) is 4. The smallest absolute Gasteiger partial charge is 0.186 e. The molecule has 6 heteroatoms. The molecule has 0 bridgehead atoms. The van der Waals surface area contributed by atoms with Crippen molar-refractivity contribution in [2.24, 2.45) is 0 Å². The molecule has 0 amide bonds. The summed E-state index contributed by atoms with van der Waals surface area (Å²) >= 11 is 0. The number of ether oxygens (including phenoxy) is 2. The first-order chi connectivity index (χ1) is 15.1. The van der Waals surface area contributed by atoms with Gasteiger partial charge in [-0.2, -0.15) is 0 Å². The zero-order valence-corrected chi connectivity index (χ0v) is 19.9. The van der Waals surface area contributed by atoms with Crippen molar-refractivity contribution in [3.8, 4) is 0 Å². The third-order valence-corrected chi connectivity index (χ3v) is 6.38. The molecule has 1 aliphatic heterocycles. The van der Waals surface area contributed by atoms with Gasteiger partial charge < -0.3 is 29.9 Å². The summed E-state index contributed by atoms with van der Waals surface area (Å²) in [7, 11) is 0. The Hall–Kier alpha value is -0.240. The summed E-state index contributed by atoms with van der Waals surface area (Å²) < 4.78 is 10.8. The monoisotopic (exact) mass is 446 g/mol. The Labute approximate surface area is 190 Å². The Morgan fingerprint density at radius 1 is 0.581 bits per heavy atom. The first kappa shape index (κ1) is 28.8. The zero-order valence-electron chi connectivity index (χ0n) is 19.9. The van der Waals surface area contributed by atoms with E-state index >= 15 is 0 Å². The summed E-state index contributed by atoms with van der Waals surface area (Å²) in [5.41, 5.74) is 0. The molecule has 1 rings (SSSR count). The summed E-state index contributed by atoms with van der Waals surface area (Å²) in [5.74, 6) is 0. The first-order valence-electron chi connectivity index (χ1n) is 13.0. The van der Waals surface area contributed by atoms with Crippen LogP contribution in [0.5, 0.6) is 0 Å². The van der Waals surface area contributed by atoms with E-state index < -0.39 is 37.3 Å². The quantitative estimate of drug-likeness (QED) is 0.206. The minimum Gasteiger partial charge on any atom is -0.394 e. The lowest BCUT2D eigenvalue weighted by Crippen LogP contribution is -2.59. The van der Waals surface area contributed by atoms with Gasteiger partial charge in [0.05, 0.1) is 6.61 Å². The average Bonchev–Trinajstić information content (AvgIpc) is 2.78. The van der Waals surface area contributed by atoms with E-state index in [-0.39, 0.29) is 0 Å². The van der Waals surface area contributed by atoms with Crippen LogP contribution in [-0.2, 0) is 9.47 Å². The van der Waals surface area contributed by atoms with E-state index in [9.17, 15) is 20.4 Å². The molecule has 1 heterocycles. The number of unbranched alkanes of at least 4 members (excludes halogenated alkanes) is 16. The van der Waals surface area contributed by atoms with Gasteiger partial charge in [0, 0.05) is 6.61 Å². The average molecular weight is 447 g/mol. The van der Waals surface area contributed by atoms with E-state index in [1.807, 2.05) is 0 Å². The summed E-state index contributed by atoms with van der Waals surface area (Å²) in [4.78, 5) is 0. The highest BCUT2D eigenvalue weighted by Gasteiger charge is 2.43. The SMILES string of the molecule is CCCCCCCCCCCCCCCCCCCO[C@H]1O[C@H](CO)[C@@H](O)[C@H](O)[C@H]1O. The van der Waals surface area contributed by atoms with E-state index in [2.05, 4.69) is 6.92 Å². The second kappa shape index (κ2) is 19.2. The molecule has 1 aliphatic rings. The van der Waals surface area contributed by atoms with Crippen LogP contribution in [0.25, 0.3) is 0 Å². The van der Waals surface area contributed by atoms with Crippen LogP contribution < -0.4 is 0 Å². The second-order valence-corrected chi connectivity index (χ2v) is 9.22. The molecule has 4 N–H and O–H groups in total. The number of rotatable bonds is 20. The van der Waals surface area contributed by atoms with E-state index in [0.29, 0.717) is 6.61 Å². The molecule has 0 aliphatic carbocycles. The van der Waals surface area contributed by atoms with Gasteiger partial charge in [-0.15, -0.1) is 0 Å². The maximum Gasteiger partial charge on any atom is 0.186 e. The van der Waals surface area contributed by atoms with Crippen LogP contribution in [0, 0.1) is 0 Å². The van der Waals surface area contributed by atoms with Crippen LogP contribution >= 0.6 is 0 Å². The Kier molecular flexibility index (Phi) is 17.9. The molecule has 1 saturated heterocycles. The summed E-state index contributed by atoms with van der Waals surface area (Å²) in [6.45, 7) is 2.28. The topological polar surface area (TPSA) is 99.4 Å². The van der Waals surface area contributed by atoms with Crippen LogP contribution in [0.4, 0.5) is 0 Å². The number of aliphatic hydroxyl groups excluding tert-OH is 4. The van der Waals surface area contributed by atoms with Crippen LogP contribution in [0.15, 0.2) is 0 Å². The Morgan fingerprint density at radius 2 is 1.00 bits per heavy atom. The molecule has 0 radical (unpaired) electrons. The van der Waals surface area contributed by atoms with E-state index in [4.69, 9.17) is 9.47 Å². The molecule has 5 atom stereocenters. The maximum absolute atomic E-state index is 9.92. The molecule has 0 aromatic heterocycles. The summed E-state index contributed by atoms with van der Waals surface area (Å²) in [5, 5.41) is 38.6. The van der Waals surface area contributed by atoms with Gasteiger partial charge in [-0.1, -0.05) is 110 Å². The molecule has 0 unspecified atom stereocenters. The Bertz CT molecular complexity index is 392. The highest BCUT2D eigenvalue weighted by atomic mass is 16.7. The van der Waals surface area contributed by atoms with Crippen molar-refractivity contribution in [1.29, 1.82) is 0 Å². The molecule has 1 fully saturated rings. The van der Waals surface area contributed by atoms with Crippen molar-refractivity contribution in [3.63, 3.8) is 0 Å². The zero-order chi connectivity index (χ0) is 22.7. The molecular formula is C25H50O6. The van der Waals surface area contributed by atoms with Gasteiger partial charge in [-0.25, -0.2) is 0 Å². The second-order valence-electron chi connectivity index (χ2n) is 9.22. The molecule has 0 aromatic rings. The molecule has 0 saturated carbocycles. The van der Waals surface area contributed by atoms with Crippen LogP contribution in [0.2, 0.25) is 0 Å². The highest BCUT2D eigenvalue weighted by molar-refractivity contribution is 4.88. The van der Waals surface area contributed by atoms with Gasteiger partial charge in [-0.3, -0.25) is 0 Å². The van der Waals surface area contributed by atoms with E-state index in [1.165, 1.54) is 96.3 Å². The third kappa shape index (κ3) is 13.2. The largest absolute Gasteiger partial charge is 0.394 e. The van der Waals surface area contributed by atoms with Crippen LogP contribution in [0.1, 0.15) is 116 Å². The fraction of sp³-hybridized carbons (Fsp3) is 1.00. The minimum absolute atomic E-state index is 0.427. The van der Waals surface area contributed by atoms with Crippen LogP contribution in [-0.4, -0.2) is 64.3 Å². The minimum atomic E-state index is -1.37. The molecular weight excluding hydrogens is 396 g/mol. The van der Waals surface area contributed by atoms with Crippen LogP contribution in [0.3, 0.4) is 0 Å². The predicted octanol–water partition coefficient (Wildman–Crippen LogP) is 4.45. The standard InChI is InChI=1S/C25H50O6/c1-2-3-4-5-6-7-8-9-10-11-12-13-14-15-16-17-18-19-30-25-24(29)23(28)22(27)21(20-26)31-25/h21-29H,2-20H2,1H3/t21-,22-,23+,24-,25+/m1/s1. The highest BCUT2D eigenvalue weighted by Crippen LogP contribution is 2.22. The number of hydrogen-bond acceptors (Lipinski definition) is 6. The van der Waals surface area contributed by atoms with Crippen molar-refractivity contribution in [2.45, 2.75) is 147 Å². The Balaban J connectivity index is 1.84. The van der Waals surface area contributed by atoms with Crippen molar-refractivity contribution in [2.75, 3.05) is 13.2 Å². The first-order valence-corrected chi connectivity index (χ1v) is 13.0. The third-order valence-electron chi connectivity index (χ3n) is 6.38. The molecule has 6 nitrogen and oxygen atoms in total. The lowest BCUT2D eigenvalue weighted by molar-refractivity contribution is -0.301. The van der Waals surface area contributed by atoms with E-state index in [0.717, 1.165) is 12.8 Å². The van der Waals surface area contributed by atoms with E-state index in [1.54, 1.807) is 0 Å². The number of aliphatic hydroxyl groups is 4. The van der Waals surface area contributed by atoms with Gasteiger partial charge in [0.25, 0.3) is 0 Å². The molecule has 186 valence electrons. The van der Waals surface area contributed by atoms with Gasteiger partial charge in [0.15, 0.2) is 6.29 Å². The molecule has 0 spiro atoms. The fourth-order valence-corrected chi connectivity index (χ4v) is 4.23. The lowest BCUT2D eigenvalue weighted by atomic mass is 9.99. The Morgan fingerprint density at radius 3 is 1.42 bits per heavy atom. The van der Waals surface area contributed by atoms with Gasteiger partial charge >= 0.3 is 0 Å². The normalized spacial score (nSPS) is 26.4. The van der Waals surface area contributed by atoms with Crippen molar-refractivity contribution in [1.82, 2.24) is 0 Å².